The Hall–Kier alpha value is -1.49. The van der Waals surface area contributed by atoms with Gasteiger partial charge in [0, 0.05) is 0 Å². The summed E-state index contributed by atoms with van der Waals surface area (Å²) in [7, 11) is 0. The average molecular weight is 214 g/mol. The summed E-state index contributed by atoms with van der Waals surface area (Å²) in [4.78, 5) is 10.5. The number of halogens is 2. The molecule has 72 valence electrons. The van der Waals surface area contributed by atoms with Crippen LogP contribution in [-0.4, -0.2) is 11.1 Å². The second-order valence-corrected chi connectivity index (χ2v) is 3.61. The van der Waals surface area contributed by atoms with E-state index in [0.29, 0.717) is 5.39 Å². The lowest BCUT2D eigenvalue weighted by atomic mass is 10.1. The first-order valence-corrected chi connectivity index (χ1v) is 4.57. The number of hydrogen-bond donors (Lipinski definition) is 1. The highest BCUT2D eigenvalue weighted by Gasteiger charge is 2.18. The van der Waals surface area contributed by atoms with Crippen molar-refractivity contribution in [1.29, 1.82) is 0 Å². The second kappa shape index (κ2) is 3.02. The van der Waals surface area contributed by atoms with Gasteiger partial charge in [-0.25, -0.2) is 13.6 Å². The minimum absolute atomic E-state index is 0.146. The molecule has 0 amide bonds. The largest absolute Gasteiger partial charge is 0.478 e. The summed E-state index contributed by atoms with van der Waals surface area (Å²) >= 11 is 1.04. The first-order chi connectivity index (χ1) is 6.61. The number of fused-ring (bicyclic) bond motifs is 1. The Balaban J connectivity index is 2.87. The molecule has 0 aliphatic carbocycles. The van der Waals surface area contributed by atoms with Gasteiger partial charge in [-0.05, 0) is 22.9 Å². The number of rotatable bonds is 1. The van der Waals surface area contributed by atoms with Crippen molar-refractivity contribution in [2.24, 2.45) is 0 Å². The number of carboxylic acid groups (broad SMARTS) is 1. The Morgan fingerprint density at radius 3 is 2.71 bits per heavy atom. The van der Waals surface area contributed by atoms with Crippen molar-refractivity contribution in [1.82, 2.24) is 0 Å². The molecule has 0 aliphatic heterocycles. The first kappa shape index (κ1) is 9.08. The van der Waals surface area contributed by atoms with E-state index < -0.39 is 23.2 Å². The molecule has 0 saturated heterocycles. The summed E-state index contributed by atoms with van der Waals surface area (Å²) in [5, 5.41) is 10.6. The smallest absolute Gasteiger partial charge is 0.338 e. The fourth-order valence-corrected chi connectivity index (χ4v) is 2.01. The van der Waals surface area contributed by atoms with Gasteiger partial charge in [-0.3, -0.25) is 0 Å². The van der Waals surface area contributed by atoms with Gasteiger partial charge in [0.05, 0.1) is 10.3 Å². The van der Waals surface area contributed by atoms with Gasteiger partial charge in [-0.1, -0.05) is 0 Å². The second-order valence-electron chi connectivity index (χ2n) is 2.70. The van der Waals surface area contributed by atoms with E-state index in [1.54, 1.807) is 11.4 Å². The van der Waals surface area contributed by atoms with Crippen LogP contribution in [0.25, 0.3) is 10.1 Å². The molecule has 2 rings (SSSR count). The molecule has 1 aromatic heterocycles. The normalized spacial score (nSPS) is 10.7. The van der Waals surface area contributed by atoms with Gasteiger partial charge in [0.2, 0.25) is 0 Å². The molecule has 0 bridgehead atoms. The number of hydrogen-bond acceptors (Lipinski definition) is 2. The minimum atomic E-state index is -1.46. The SMILES string of the molecule is O=C(O)c1cc2ccsc2c(F)c1F. The van der Waals surface area contributed by atoms with Crippen LogP contribution < -0.4 is 0 Å². The van der Waals surface area contributed by atoms with Crippen molar-refractivity contribution in [3.8, 4) is 0 Å². The number of carbonyl (C=O) groups is 1. The molecule has 0 aliphatic rings. The third-order valence-corrected chi connectivity index (χ3v) is 2.78. The molecule has 0 fully saturated rings. The van der Waals surface area contributed by atoms with Gasteiger partial charge in [-0.15, -0.1) is 11.3 Å². The molecule has 0 spiro atoms. The molecule has 1 N–H and O–H groups in total. The van der Waals surface area contributed by atoms with Crippen molar-refractivity contribution in [3.63, 3.8) is 0 Å². The highest BCUT2D eigenvalue weighted by atomic mass is 32.1. The van der Waals surface area contributed by atoms with Crippen molar-refractivity contribution < 1.29 is 18.7 Å². The highest BCUT2D eigenvalue weighted by molar-refractivity contribution is 7.17. The van der Waals surface area contributed by atoms with Crippen molar-refractivity contribution in [2.45, 2.75) is 0 Å². The number of thiophene rings is 1. The van der Waals surface area contributed by atoms with Crippen molar-refractivity contribution in [2.75, 3.05) is 0 Å². The summed E-state index contributed by atoms with van der Waals surface area (Å²) in [5.41, 5.74) is -0.631. The van der Waals surface area contributed by atoms with Gasteiger partial charge in [0.1, 0.15) is 0 Å². The maximum atomic E-state index is 13.2. The van der Waals surface area contributed by atoms with Crippen molar-refractivity contribution in [3.05, 3.63) is 34.7 Å². The van der Waals surface area contributed by atoms with Crippen LogP contribution in [0.3, 0.4) is 0 Å². The third-order valence-electron chi connectivity index (χ3n) is 1.85. The van der Waals surface area contributed by atoms with Crippen LogP contribution >= 0.6 is 11.3 Å². The summed E-state index contributed by atoms with van der Waals surface area (Å²) in [6, 6.07) is 2.68. The monoisotopic (exact) mass is 214 g/mol. The van der Waals surface area contributed by atoms with E-state index in [1.807, 2.05) is 0 Å². The molecule has 0 radical (unpaired) electrons. The number of carboxylic acids is 1. The molecular formula is C9H4F2O2S. The quantitative estimate of drug-likeness (QED) is 0.792. The lowest BCUT2D eigenvalue weighted by Crippen LogP contribution is -2.02. The molecular weight excluding hydrogens is 210 g/mol. The van der Waals surface area contributed by atoms with Crippen molar-refractivity contribution >= 4 is 27.4 Å². The Kier molecular flexibility index (Phi) is 1.96. The van der Waals surface area contributed by atoms with Gasteiger partial charge in [-0.2, -0.15) is 0 Å². The third kappa shape index (κ3) is 1.17. The van der Waals surface area contributed by atoms with Crippen LogP contribution in [-0.2, 0) is 0 Å². The lowest BCUT2D eigenvalue weighted by molar-refractivity contribution is 0.0691. The predicted octanol–water partition coefficient (Wildman–Crippen LogP) is 2.88. The zero-order valence-electron chi connectivity index (χ0n) is 6.75. The van der Waals surface area contributed by atoms with Crippen LogP contribution in [0.15, 0.2) is 17.5 Å². The molecule has 14 heavy (non-hydrogen) atoms. The van der Waals surface area contributed by atoms with Crippen LogP contribution in [0.4, 0.5) is 8.78 Å². The zero-order valence-corrected chi connectivity index (χ0v) is 7.57. The van der Waals surface area contributed by atoms with Gasteiger partial charge >= 0.3 is 5.97 Å². The fraction of sp³-hybridized carbons (Fsp3) is 0. The predicted molar refractivity (Wildman–Crippen MR) is 48.7 cm³/mol. The lowest BCUT2D eigenvalue weighted by Gasteiger charge is -1.99. The van der Waals surface area contributed by atoms with E-state index in [1.165, 1.54) is 0 Å². The Labute approximate surface area is 81.4 Å². The van der Waals surface area contributed by atoms with Gasteiger partial charge < -0.3 is 5.11 Å². The molecule has 0 saturated carbocycles. The molecule has 0 atom stereocenters. The number of benzene rings is 1. The van der Waals surface area contributed by atoms with Crippen LogP contribution in [0.1, 0.15) is 10.4 Å². The van der Waals surface area contributed by atoms with E-state index in [4.69, 9.17) is 5.11 Å². The van der Waals surface area contributed by atoms with Crippen LogP contribution in [0.2, 0.25) is 0 Å². The molecule has 5 heteroatoms. The van der Waals surface area contributed by atoms with Crippen LogP contribution in [0, 0.1) is 11.6 Å². The molecule has 0 unspecified atom stereocenters. The van der Waals surface area contributed by atoms with Gasteiger partial charge in [0.15, 0.2) is 11.6 Å². The summed E-state index contributed by atoms with van der Waals surface area (Å²) in [6.07, 6.45) is 0. The maximum Gasteiger partial charge on any atom is 0.338 e. The van der Waals surface area contributed by atoms with E-state index in [-0.39, 0.29) is 4.70 Å². The first-order valence-electron chi connectivity index (χ1n) is 3.69. The van der Waals surface area contributed by atoms with E-state index >= 15 is 0 Å². The Morgan fingerprint density at radius 2 is 2.07 bits per heavy atom. The molecule has 1 aromatic carbocycles. The van der Waals surface area contributed by atoms with E-state index in [0.717, 1.165) is 17.4 Å². The summed E-state index contributed by atoms with van der Waals surface area (Å²) in [6.45, 7) is 0. The highest BCUT2D eigenvalue weighted by Crippen LogP contribution is 2.28. The zero-order chi connectivity index (χ0) is 10.3. The fourth-order valence-electron chi connectivity index (χ4n) is 1.20. The minimum Gasteiger partial charge on any atom is -0.478 e. The summed E-state index contributed by atoms with van der Waals surface area (Å²) in [5.74, 6) is -3.85. The van der Waals surface area contributed by atoms with Crippen LogP contribution in [0.5, 0.6) is 0 Å². The molecule has 2 aromatic rings. The Morgan fingerprint density at radius 1 is 1.36 bits per heavy atom. The summed E-state index contributed by atoms with van der Waals surface area (Å²) < 4.78 is 26.5. The van der Waals surface area contributed by atoms with E-state index in [9.17, 15) is 13.6 Å². The average Bonchev–Trinajstić information content (AvgIpc) is 2.58. The topological polar surface area (TPSA) is 37.3 Å². The Bertz CT molecular complexity index is 519. The standard InChI is InChI=1S/C9H4F2O2S/c10-6-5(9(12)13)3-4-1-2-14-8(4)7(6)11/h1-3H,(H,12,13). The number of aromatic carboxylic acids is 1. The molecule has 2 nitrogen and oxygen atoms in total. The molecule has 1 heterocycles. The maximum absolute atomic E-state index is 13.2. The van der Waals surface area contributed by atoms with Gasteiger partial charge in [0.25, 0.3) is 0 Å². The van der Waals surface area contributed by atoms with E-state index in [2.05, 4.69) is 0 Å².